The van der Waals surface area contributed by atoms with Crippen LogP contribution in [0, 0.1) is 5.92 Å². The molecule has 2 aliphatic rings. The number of hydrogen-bond donors (Lipinski definition) is 1. The van der Waals surface area contributed by atoms with Crippen LogP contribution in [0.1, 0.15) is 50.8 Å². The fourth-order valence-corrected chi connectivity index (χ4v) is 3.35. The molecule has 112 valence electrons. The lowest BCUT2D eigenvalue weighted by Crippen LogP contribution is -2.29. The van der Waals surface area contributed by atoms with Crippen molar-refractivity contribution in [2.75, 3.05) is 19.8 Å². The fraction of sp³-hybridized carbons (Fsp3) is 0.812. The van der Waals surface area contributed by atoms with Crippen LogP contribution in [0.3, 0.4) is 0 Å². The number of aromatic nitrogens is 2. The van der Waals surface area contributed by atoms with Crippen LogP contribution in [0.25, 0.3) is 0 Å². The van der Waals surface area contributed by atoms with E-state index in [0.717, 1.165) is 39.3 Å². The Hall–Kier alpha value is -0.870. The third-order valence-corrected chi connectivity index (χ3v) is 4.35. The molecular formula is C16H27N3O. The summed E-state index contributed by atoms with van der Waals surface area (Å²) in [5.41, 5.74) is 2.82. The number of hydrogen-bond acceptors (Lipinski definition) is 3. The topological polar surface area (TPSA) is 39.1 Å². The van der Waals surface area contributed by atoms with Gasteiger partial charge >= 0.3 is 0 Å². The first-order chi connectivity index (χ1) is 9.55. The van der Waals surface area contributed by atoms with E-state index in [1.54, 1.807) is 0 Å². The highest BCUT2D eigenvalue weighted by molar-refractivity contribution is 5.23. The van der Waals surface area contributed by atoms with Gasteiger partial charge in [-0.3, -0.25) is 0 Å². The predicted octanol–water partition coefficient (Wildman–Crippen LogP) is 2.25. The van der Waals surface area contributed by atoms with Crippen molar-refractivity contribution in [3.8, 4) is 0 Å². The molecule has 0 saturated carbocycles. The Kier molecular flexibility index (Phi) is 3.87. The lowest BCUT2D eigenvalue weighted by atomic mass is 9.94. The van der Waals surface area contributed by atoms with Gasteiger partial charge in [-0.1, -0.05) is 20.8 Å². The molecule has 1 aromatic heterocycles. The molecule has 0 radical (unpaired) electrons. The third kappa shape index (κ3) is 2.77. The summed E-state index contributed by atoms with van der Waals surface area (Å²) in [6.07, 6.45) is 3.59. The molecule has 3 rings (SSSR count). The number of imidazole rings is 1. The SMILES string of the molecule is CC(C)(C)c1nc2c(n1CC1CCCOC1)CCNC2. The summed E-state index contributed by atoms with van der Waals surface area (Å²) in [7, 11) is 0. The lowest BCUT2D eigenvalue weighted by molar-refractivity contribution is 0.0474. The zero-order chi connectivity index (χ0) is 14.2. The highest BCUT2D eigenvalue weighted by atomic mass is 16.5. The number of nitrogens with zero attached hydrogens (tertiary/aromatic N) is 2. The standard InChI is InChI=1S/C16H27N3O/c1-16(2,3)15-18-13-9-17-7-6-14(13)19(15)10-12-5-4-8-20-11-12/h12,17H,4-11H2,1-3H3. The maximum atomic E-state index is 5.65. The molecule has 1 fully saturated rings. The zero-order valence-electron chi connectivity index (χ0n) is 13.0. The minimum atomic E-state index is 0.104. The van der Waals surface area contributed by atoms with Gasteiger partial charge in [0, 0.05) is 49.7 Å². The fourth-order valence-electron chi connectivity index (χ4n) is 3.35. The molecule has 4 nitrogen and oxygen atoms in total. The molecule has 0 bridgehead atoms. The van der Waals surface area contributed by atoms with E-state index in [2.05, 4.69) is 30.7 Å². The van der Waals surface area contributed by atoms with Crippen molar-refractivity contribution < 1.29 is 4.74 Å². The maximum absolute atomic E-state index is 5.65. The summed E-state index contributed by atoms with van der Waals surface area (Å²) in [5.74, 6) is 1.90. The number of rotatable bonds is 2. The molecule has 0 aliphatic carbocycles. The minimum Gasteiger partial charge on any atom is -0.381 e. The minimum absolute atomic E-state index is 0.104. The molecule has 0 aromatic carbocycles. The van der Waals surface area contributed by atoms with E-state index in [-0.39, 0.29) is 5.41 Å². The van der Waals surface area contributed by atoms with Crippen molar-refractivity contribution in [3.63, 3.8) is 0 Å². The second kappa shape index (κ2) is 5.49. The number of ether oxygens (including phenoxy) is 1. The monoisotopic (exact) mass is 277 g/mol. The lowest BCUT2D eigenvalue weighted by Gasteiger charge is -2.27. The van der Waals surface area contributed by atoms with Gasteiger partial charge in [0.1, 0.15) is 5.82 Å². The van der Waals surface area contributed by atoms with E-state index >= 15 is 0 Å². The average Bonchev–Trinajstić information content (AvgIpc) is 2.79. The summed E-state index contributed by atoms with van der Waals surface area (Å²) in [6, 6.07) is 0. The first kappa shape index (κ1) is 14.1. The van der Waals surface area contributed by atoms with Crippen molar-refractivity contribution in [3.05, 3.63) is 17.2 Å². The number of fused-ring (bicyclic) bond motifs is 1. The molecule has 1 aromatic rings. The smallest absolute Gasteiger partial charge is 0.114 e. The molecule has 3 heterocycles. The van der Waals surface area contributed by atoms with Crippen LogP contribution < -0.4 is 5.32 Å². The molecule has 0 amide bonds. The Balaban J connectivity index is 1.91. The highest BCUT2D eigenvalue weighted by Gasteiger charge is 2.28. The largest absolute Gasteiger partial charge is 0.381 e. The van der Waals surface area contributed by atoms with Gasteiger partial charge in [0.05, 0.1) is 12.3 Å². The van der Waals surface area contributed by atoms with Gasteiger partial charge in [0.15, 0.2) is 0 Å². The van der Waals surface area contributed by atoms with E-state index in [4.69, 9.17) is 9.72 Å². The van der Waals surface area contributed by atoms with Gasteiger partial charge in [-0.15, -0.1) is 0 Å². The summed E-state index contributed by atoms with van der Waals surface area (Å²) >= 11 is 0. The third-order valence-electron chi connectivity index (χ3n) is 4.35. The van der Waals surface area contributed by atoms with E-state index in [0.29, 0.717) is 5.92 Å². The van der Waals surface area contributed by atoms with Crippen LogP contribution in [0.2, 0.25) is 0 Å². The van der Waals surface area contributed by atoms with E-state index in [9.17, 15) is 0 Å². The van der Waals surface area contributed by atoms with Crippen LogP contribution in [-0.2, 0) is 29.7 Å². The Bertz CT molecular complexity index is 467. The Morgan fingerprint density at radius 2 is 2.25 bits per heavy atom. The van der Waals surface area contributed by atoms with Crippen LogP contribution >= 0.6 is 0 Å². The normalized spacial score (nSPS) is 23.6. The Morgan fingerprint density at radius 1 is 1.40 bits per heavy atom. The molecule has 4 heteroatoms. The van der Waals surface area contributed by atoms with Crippen LogP contribution in [0.4, 0.5) is 0 Å². The van der Waals surface area contributed by atoms with E-state index < -0.39 is 0 Å². The quantitative estimate of drug-likeness (QED) is 0.901. The van der Waals surface area contributed by atoms with Crippen molar-refractivity contribution >= 4 is 0 Å². The molecule has 1 unspecified atom stereocenters. The van der Waals surface area contributed by atoms with Crippen LogP contribution in [0.5, 0.6) is 0 Å². The van der Waals surface area contributed by atoms with Gasteiger partial charge < -0.3 is 14.6 Å². The molecular weight excluding hydrogens is 250 g/mol. The van der Waals surface area contributed by atoms with Crippen molar-refractivity contribution in [2.45, 2.75) is 58.5 Å². The Labute approximate surface area is 121 Å². The molecule has 0 spiro atoms. The highest BCUT2D eigenvalue weighted by Crippen LogP contribution is 2.28. The summed E-state index contributed by atoms with van der Waals surface area (Å²) < 4.78 is 8.16. The summed E-state index contributed by atoms with van der Waals surface area (Å²) in [5, 5.41) is 3.44. The average molecular weight is 277 g/mol. The van der Waals surface area contributed by atoms with Gasteiger partial charge in [-0.2, -0.15) is 0 Å². The van der Waals surface area contributed by atoms with Crippen molar-refractivity contribution in [1.82, 2.24) is 14.9 Å². The van der Waals surface area contributed by atoms with Crippen molar-refractivity contribution in [2.24, 2.45) is 5.92 Å². The molecule has 1 N–H and O–H groups in total. The van der Waals surface area contributed by atoms with Gasteiger partial charge in [0.25, 0.3) is 0 Å². The zero-order valence-corrected chi connectivity index (χ0v) is 13.0. The van der Waals surface area contributed by atoms with Gasteiger partial charge in [-0.25, -0.2) is 4.98 Å². The van der Waals surface area contributed by atoms with Crippen molar-refractivity contribution in [1.29, 1.82) is 0 Å². The summed E-state index contributed by atoms with van der Waals surface area (Å²) in [4.78, 5) is 4.95. The molecule has 2 aliphatic heterocycles. The first-order valence-electron chi connectivity index (χ1n) is 7.93. The summed E-state index contributed by atoms with van der Waals surface area (Å²) in [6.45, 7) is 11.7. The second-order valence-electron chi connectivity index (χ2n) is 7.20. The van der Waals surface area contributed by atoms with E-state index in [1.807, 2.05) is 0 Å². The number of nitrogens with one attached hydrogen (secondary N) is 1. The molecule has 1 saturated heterocycles. The molecule has 20 heavy (non-hydrogen) atoms. The van der Waals surface area contributed by atoms with Crippen LogP contribution in [0.15, 0.2) is 0 Å². The second-order valence-corrected chi connectivity index (χ2v) is 7.20. The van der Waals surface area contributed by atoms with E-state index in [1.165, 1.54) is 30.1 Å². The van der Waals surface area contributed by atoms with Gasteiger partial charge in [-0.05, 0) is 12.8 Å². The predicted molar refractivity (Wildman–Crippen MR) is 79.9 cm³/mol. The molecule has 1 atom stereocenters. The van der Waals surface area contributed by atoms with Crippen LogP contribution in [-0.4, -0.2) is 29.3 Å². The maximum Gasteiger partial charge on any atom is 0.114 e. The van der Waals surface area contributed by atoms with Gasteiger partial charge in [0.2, 0.25) is 0 Å². The Morgan fingerprint density at radius 3 is 2.95 bits per heavy atom. The first-order valence-corrected chi connectivity index (χ1v) is 7.93.